The Hall–Kier alpha value is -2.27. The van der Waals surface area contributed by atoms with Gasteiger partial charge in [-0.05, 0) is 12.5 Å². The summed E-state index contributed by atoms with van der Waals surface area (Å²) in [5, 5.41) is 0. The number of fused-ring (bicyclic) bond motifs is 1. The molecule has 2 heterocycles. The van der Waals surface area contributed by atoms with E-state index in [1.165, 1.54) is 7.11 Å². The standard InChI is InChI=1S/C24H28O8S/c1-3-30-33(25,26)16-19-21(28-14-17-10-6-4-7-11-17)22-20(31-24(19)27-2)15-29-23(32-22)18-12-8-5-9-13-18/h4-13,20,22-24H,3,14-16H2,1-2H3/t20-,22-,23?,24+/m1/s1. The highest BCUT2D eigenvalue weighted by Gasteiger charge is 2.46. The first kappa shape index (κ1) is 23.9. The molecule has 2 aromatic carbocycles. The Morgan fingerprint density at radius 1 is 1.00 bits per heavy atom. The summed E-state index contributed by atoms with van der Waals surface area (Å²) >= 11 is 0. The highest BCUT2D eigenvalue weighted by molar-refractivity contribution is 7.86. The molecule has 4 atom stereocenters. The quantitative estimate of drug-likeness (QED) is 0.510. The fraction of sp³-hybridized carbons (Fsp3) is 0.417. The molecule has 0 saturated carbocycles. The fourth-order valence-corrected chi connectivity index (χ4v) is 4.96. The molecule has 0 amide bonds. The molecule has 8 nitrogen and oxygen atoms in total. The summed E-state index contributed by atoms with van der Waals surface area (Å²) in [6, 6.07) is 19.1. The molecule has 0 bridgehead atoms. The van der Waals surface area contributed by atoms with Crippen molar-refractivity contribution in [3.63, 3.8) is 0 Å². The number of rotatable bonds is 9. The summed E-state index contributed by atoms with van der Waals surface area (Å²) in [4.78, 5) is 0. The van der Waals surface area contributed by atoms with Gasteiger partial charge in [0.05, 0.1) is 13.2 Å². The van der Waals surface area contributed by atoms with Crippen molar-refractivity contribution in [2.24, 2.45) is 0 Å². The van der Waals surface area contributed by atoms with Crippen molar-refractivity contribution in [2.75, 3.05) is 26.1 Å². The fourth-order valence-electron chi connectivity index (χ4n) is 3.85. The van der Waals surface area contributed by atoms with Gasteiger partial charge in [-0.3, -0.25) is 4.18 Å². The molecular formula is C24H28O8S. The van der Waals surface area contributed by atoms with E-state index in [0.29, 0.717) is 11.3 Å². The molecule has 1 fully saturated rings. The lowest BCUT2D eigenvalue weighted by Crippen LogP contribution is -2.51. The molecule has 9 heteroatoms. The number of hydrogen-bond acceptors (Lipinski definition) is 8. The second-order valence-corrected chi connectivity index (χ2v) is 9.29. The Morgan fingerprint density at radius 2 is 1.70 bits per heavy atom. The second kappa shape index (κ2) is 10.8. The van der Waals surface area contributed by atoms with E-state index < -0.39 is 40.7 Å². The summed E-state index contributed by atoms with van der Waals surface area (Å²) in [6.45, 7) is 2.11. The van der Waals surface area contributed by atoms with Crippen LogP contribution in [-0.2, 0) is 44.6 Å². The van der Waals surface area contributed by atoms with Gasteiger partial charge in [0, 0.05) is 18.2 Å². The van der Waals surface area contributed by atoms with Gasteiger partial charge < -0.3 is 23.7 Å². The minimum atomic E-state index is -3.88. The Bertz CT molecular complexity index is 1040. The van der Waals surface area contributed by atoms with E-state index in [-0.39, 0.29) is 19.8 Å². The molecule has 0 spiro atoms. The van der Waals surface area contributed by atoms with Gasteiger partial charge in [0.1, 0.15) is 30.3 Å². The monoisotopic (exact) mass is 476 g/mol. The van der Waals surface area contributed by atoms with E-state index in [4.69, 9.17) is 27.9 Å². The van der Waals surface area contributed by atoms with Crippen LogP contribution in [0.25, 0.3) is 0 Å². The number of methoxy groups -OCH3 is 1. The molecule has 0 aliphatic carbocycles. The molecule has 2 aliphatic heterocycles. The van der Waals surface area contributed by atoms with Crippen molar-refractivity contribution in [3.05, 3.63) is 83.1 Å². The van der Waals surface area contributed by atoms with E-state index in [1.807, 2.05) is 60.7 Å². The van der Waals surface area contributed by atoms with E-state index >= 15 is 0 Å². The van der Waals surface area contributed by atoms with E-state index in [9.17, 15) is 8.42 Å². The molecule has 1 saturated heterocycles. The third kappa shape index (κ3) is 5.81. The molecule has 0 N–H and O–H groups in total. The van der Waals surface area contributed by atoms with Crippen molar-refractivity contribution in [1.82, 2.24) is 0 Å². The van der Waals surface area contributed by atoms with Gasteiger partial charge in [-0.25, -0.2) is 0 Å². The Labute approximate surface area is 194 Å². The van der Waals surface area contributed by atoms with Crippen LogP contribution in [0.15, 0.2) is 72.0 Å². The van der Waals surface area contributed by atoms with Crippen LogP contribution < -0.4 is 0 Å². The number of ether oxygens (including phenoxy) is 5. The summed E-state index contributed by atoms with van der Waals surface area (Å²) in [5.74, 6) is -0.0677. The van der Waals surface area contributed by atoms with Gasteiger partial charge in [-0.1, -0.05) is 60.7 Å². The lowest BCUT2D eigenvalue weighted by molar-refractivity contribution is -0.294. The first-order valence-corrected chi connectivity index (χ1v) is 12.4. The highest BCUT2D eigenvalue weighted by atomic mass is 32.2. The molecule has 1 unspecified atom stereocenters. The van der Waals surface area contributed by atoms with Crippen LogP contribution in [0.1, 0.15) is 24.3 Å². The van der Waals surface area contributed by atoms with Gasteiger partial charge in [-0.15, -0.1) is 0 Å². The topological polar surface area (TPSA) is 89.5 Å². The second-order valence-electron chi connectivity index (χ2n) is 7.65. The van der Waals surface area contributed by atoms with Crippen LogP contribution in [0.2, 0.25) is 0 Å². The van der Waals surface area contributed by atoms with Gasteiger partial charge in [-0.2, -0.15) is 8.42 Å². The van der Waals surface area contributed by atoms with E-state index in [0.717, 1.165) is 11.1 Å². The molecule has 0 aromatic heterocycles. The molecule has 2 aliphatic rings. The predicted octanol–water partition coefficient (Wildman–Crippen LogP) is 3.31. The van der Waals surface area contributed by atoms with Crippen LogP contribution in [0.4, 0.5) is 0 Å². The maximum absolute atomic E-state index is 12.5. The number of hydrogen-bond donors (Lipinski definition) is 0. The average Bonchev–Trinajstić information content (AvgIpc) is 2.83. The third-order valence-corrected chi connectivity index (χ3v) is 6.59. The van der Waals surface area contributed by atoms with Gasteiger partial charge in [0.2, 0.25) is 0 Å². The largest absolute Gasteiger partial charge is 0.490 e. The molecule has 0 radical (unpaired) electrons. The van der Waals surface area contributed by atoms with Crippen LogP contribution >= 0.6 is 0 Å². The number of benzene rings is 2. The first-order chi connectivity index (χ1) is 16.0. The molecule has 2 aromatic rings. The highest BCUT2D eigenvalue weighted by Crippen LogP contribution is 2.38. The molecule has 4 rings (SSSR count). The van der Waals surface area contributed by atoms with E-state index in [2.05, 4.69) is 0 Å². The van der Waals surface area contributed by atoms with Crippen LogP contribution in [0.3, 0.4) is 0 Å². The maximum Gasteiger partial charge on any atom is 0.271 e. The van der Waals surface area contributed by atoms with Crippen molar-refractivity contribution >= 4 is 10.1 Å². The first-order valence-electron chi connectivity index (χ1n) is 10.8. The Balaban J connectivity index is 1.69. The van der Waals surface area contributed by atoms with Crippen LogP contribution in [0.5, 0.6) is 0 Å². The van der Waals surface area contributed by atoms with Crippen molar-refractivity contribution in [2.45, 2.75) is 38.3 Å². The smallest absolute Gasteiger partial charge is 0.271 e. The molecular weight excluding hydrogens is 448 g/mol. The van der Waals surface area contributed by atoms with Crippen molar-refractivity contribution in [1.29, 1.82) is 0 Å². The van der Waals surface area contributed by atoms with E-state index in [1.54, 1.807) is 6.92 Å². The molecule has 33 heavy (non-hydrogen) atoms. The summed E-state index contributed by atoms with van der Waals surface area (Å²) in [7, 11) is -2.43. The zero-order chi connectivity index (χ0) is 23.3. The van der Waals surface area contributed by atoms with Crippen molar-refractivity contribution in [3.8, 4) is 0 Å². The van der Waals surface area contributed by atoms with Crippen molar-refractivity contribution < 1.29 is 36.3 Å². The minimum Gasteiger partial charge on any atom is -0.490 e. The minimum absolute atomic E-state index is 0.0286. The van der Waals surface area contributed by atoms with Gasteiger partial charge in [0.15, 0.2) is 12.6 Å². The zero-order valence-electron chi connectivity index (χ0n) is 18.6. The third-order valence-electron chi connectivity index (χ3n) is 5.33. The Morgan fingerprint density at radius 3 is 2.36 bits per heavy atom. The summed E-state index contributed by atoms with van der Waals surface area (Å²) < 4.78 is 59.9. The SMILES string of the molecule is CCOS(=O)(=O)CC1=C(OCc2ccccc2)[C@@H]2OC(c3ccccc3)OC[C@H]2O[C@@H]1OC. The van der Waals surface area contributed by atoms with Gasteiger partial charge >= 0.3 is 0 Å². The maximum atomic E-state index is 12.5. The lowest BCUT2D eigenvalue weighted by atomic mass is 10.0. The Kier molecular flexibility index (Phi) is 7.79. The van der Waals surface area contributed by atoms with Crippen LogP contribution in [0, 0.1) is 0 Å². The summed E-state index contributed by atoms with van der Waals surface area (Å²) in [6.07, 6.45) is -2.78. The van der Waals surface area contributed by atoms with Crippen LogP contribution in [-0.4, -0.2) is 53.0 Å². The lowest BCUT2D eigenvalue weighted by Gasteiger charge is -2.43. The van der Waals surface area contributed by atoms with Gasteiger partial charge in [0.25, 0.3) is 10.1 Å². The average molecular weight is 477 g/mol. The summed E-state index contributed by atoms with van der Waals surface area (Å²) in [5.41, 5.74) is 2.09. The molecule has 178 valence electrons. The normalized spacial score (nSPS) is 25.5. The zero-order valence-corrected chi connectivity index (χ0v) is 19.4. The predicted molar refractivity (Wildman–Crippen MR) is 119 cm³/mol.